The minimum absolute atomic E-state index is 0.225. The highest BCUT2D eigenvalue weighted by Crippen LogP contribution is 2.19. The van der Waals surface area contributed by atoms with E-state index in [0.717, 1.165) is 16.7 Å². The average molecular weight is 227 g/mol. The number of aromatic nitrogens is 1. The molecule has 3 heteroatoms. The number of hydrogen-bond acceptors (Lipinski definition) is 3. The summed E-state index contributed by atoms with van der Waals surface area (Å²) in [5.41, 5.74) is 3.12. The molecule has 0 N–H and O–H groups in total. The predicted molar refractivity (Wildman–Crippen MR) is 65.4 cm³/mol. The highest BCUT2D eigenvalue weighted by Gasteiger charge is 2.04. The second-order valence-corrected chi connectivity index (χ2v) is 3.69. The van der Waals surface area contributed by atoms with E-state index >= 15 is 0 Å². The van der Waals surface area contributed by atoms with Crippen LogP contribution in [0.2, 0.25) is 0 Å². The van der Waals surface area contributed by atoms with Crippen LogP contribution in [0.3, 0.4) is 0 Å². The number of rotatable bonds is 3. The number of ether oxygens (including phenoxy) is 1. The smallest absolute Gasteiger partial charge is 0.309 e. The molecule has 0 atom stereocenters. The summed E-state index contributed by atoms with van der Waals surface area (Å²) >= 11 is 0. The SMILES string of the molecule is COC(=O)Cc1cccc(-c2ccncc2)c1. The molecule has 0 unspecified atom stereocenters. The van der Waals surface area contributed by atoms with E-state index in [1.54, 1.807) is 12.4 Å². The molecule has 0 amide bonds. The Hall–Kier alpha value is -2.16. The van der Waals surface area contributed by atoms with Crippen molar-refractivity contribution in [2.75, 3.05) is 7.11 Å². The maximum absolute atomic E-state index is 11.2. The van der Waals surface area contributed by atoms with Gasteiger partial charge in [-0.2, -0.15) is 0 Å². The molecule has 0 aliphatic rings. The van der Waals surface area contributed by atoms with Gasteiger partial charge in [-0.3, -0.25) is 9.78 Å². The second-order valence-electron chi connectivity index (χ2n) is 3.69. The highest BCUT2D eigenvalue weighted by molar-refractivity contribution is 5.73. The molecular weight excluding hydrogens is 214 g/mol. The van der Waals surface area contributed by atoms with Gasteiger partial charge in [0.15, 0.2) is 0 Å². The zero-order chi connectivity index (χ0) is 12.1. The summed E-state index contributed by atoms with van der Waals surface area (Å²) in [6, 6.07) is 11.7. The summed E-state index contributed by atoms with van der Waals surface area (Å²) < 4.78 is 4.65. The van der Waals surface area contributed by atoms with Crippen molar-refractivity contribution < 1.29 is 9.53 Å². The van der Waals surface area contributed by atoms with Crippen LogP contribution in [0.4, 0.5) is 0 Å². The summed E-state index contributed by atoms with van der Waals surface area (Å²) in [5.74, 6) is -0.225. The van der Waals surface area contributed by atoms with Crippen molar-refractivity contribution in [3.05, 3.63) is 54.4 Å². The molecule has 1 aromatic heterocycles. The number of hydrogen-bond donors (Lipinski definition) is 0. The number of carbonyl (C=O) groups is 1. The molecular formula is C14H13NO2. The van der Waals surface area contributed by atoms with Crippen LogP contribution in [0.5, 0.6) is 0 Å². The molecule has 1 heterocycles. The molecule has 0 saturated heterocycles. The monoisotopic (exact) mass is 227 g/mol. The van der Waals surface area contributed by atoms with Gasteiger partial charge in [-0.05, 0) is 28.8 Å². The number of esters is 1. The largest absolute Gasteiger partial charge is 0.469 e. The van der Waals surface area contributed by atoms with Gasteiger partial charge in [0, 0.05) is 12.4 Å². The van der Waals surface area contributed by atoms with Crippen LogP contribution in [0, 0.1) is 0 Å². The van der Waals surface area contributed by atoms with Gasteiger partial charge in [0.25, 0.3) is 0 Å². The molecule has 0 saturated carbocycles. The normalized spacial score (nSPS) is 9.94. The van der Waals surface area contributed by atoms with Crippen LogP contribution in [0.15, 0.2) is 48.8 Å². The van der Waals surface area contributed by atoms with E-state index in [9.17, 15) is 4.79 Å². The molecule has 1 aromatic carbocycles. The fourth-order valence-corrected chi connectivity index (χ4v) is 1.64. The molecule has 0 aliphatic heterocycles. The number of methoxy groups -OCH3 is 1. The van der Waals surface area contributed by atoms with Crippen molar-refractivity contribution >= 4 is 5.97 Å². The zero-order valence-corrected chi connectivity index (χ0v) is 9.59. The van der Waals surface area contributed by atoms with Crippen molar-refractivity contribution in [2.24, 2.45) is 0 Å². The van der Waals surface area contributed by atoms with Crippen molar-refractivity contribution in [3.63, 3.8) is 0 Å². The fraction of sp³-hybridized carbons (Fsp3) is 0.143. The lowest BCUT2D eigenvalue weighted by Gasteiger charge is -2.04. The first-order valence-corrected chi connectivity index (χ1v) is 5.36. The maximum atomic E-state index is 11.2. The summed E-state index contributed by atoms with van der Waals surface area (Å²) in [5, 5.41) is 0. The maximum Gasteiger partial charge on any atom is 0.309 e. The first-order valence-electron chi connectivity index (χ1n) is 5.36. The van der Waals surface area contributed by atoms with Gasteiger partial charge in [0.05, 0.1) is 13.5 Å². The highest BCUT2D eigenvalue weighted by atomic mass is 16.5. The molecule has 0 aliphatic carbocycles. The summed E-state index contributed by atoms with van der Waals surface area (Å²) in [6.07, 6.45) is 3.81. The van der Waals surface area contributed by atoms with E-state index in [4.69, 9.17) is 0 Å². The third-order valence-corrected chi connectivity index (χ3v) is 2.52. The van der Waals surface area contributed by atoms with E-state index in [1.807, 2.05) is 36.4 Å². The van der Waals surface area contributed by atoms with E-state index in [1.165, 1.54) is 7.11 Å². The number of pyridine rings is 1. The van der Waals surface area contributed by atoms with E-state index < -0.39 is 0 Å². The average Bonchev–Trinajstić information content (AvgIpc) is 2.40. The Morgan fingerprint density at radius 1 is 1.18 bits per heavy atom. The van der Waals surface area contributed by atoms with Crippen LogP contribution in [0.25, 0.3) is 11.1 Å². The van der Waals surface area contributed by atoms with Crippen LogP contribution in [-0.2, 0) is 16.0 Å². The minimum atomic E-state index is -0.225. The fourth-order valence-electron chi connectivity index (χ4n) is 1.64. The number of benzene rings is 1. The number of nitrogens with zero attached hydrogens (tertiary/aromatic N) is 1. The number of carbonyl (C=O) groups excluding carboxylic acids is 1. The van der Waals surface area contributed by atoms with Crippen molar-refractivity contribution in [3.8, 4) is 11.1 Å². The van der Waals surface area contributed by atoms with Crippen molar-refractivity contribution in [2.45, 2.75) is 6.42 Å². The lowest BCUT2D eigenvalue weighted by atomic mass is 10.0. The van der Waals surface area contributed by atoms with Crippen LogP contribution in [0.1, 0.15) is 5.56 Å². The van der Waals surface area contributed by atoms with Gasteiger partial charge in [0.2, 0.25) is 0 Å². The van der Waals surface area contributed by atoms with Gasteiger partial charge < -0.3 is 4.74 Å². The lowest BCUT2D eigenvalue weighted by Crippen LogP contribution is -2.04. The van der Waals surface area contributed by atoms with Gasteiger partial charge >= 0.3 is 5.97 Å². The Balaban J connectivity index is 2.26. The van der Waals surface area contributed by atoms with Gasteiger partial charge in [0.1, 0.15) is 0 Å². The Bertz CT molecular complexity index is 509. The lowest BCUT2D eigenvalue weighted by molar-refractivity contribution is -0.139. The van der Waals surface area contributed by atoms with E-state index in [2.05, 4.69) is 9.72 Å². The Morgan fingerprint density at radius 3 is 2.65 bits per heavy atom. The van der Waals surface area contributed by atoms with Gasteiger partial charge in [-0.25, -0.2) is 0 Å². The van der Waals surface area contributed by atoms with Crippen LogP contribution < -0.4 is 0 Å². The van der Waals surface area contributed by atoms with E-state index in [0.29, 0.717) is 6.42 Å². The predicted octanol–water partition coefficient (Wildman–Crippen LogP) is 2.46. The molecule has 0 fully saturated rings. The zero-order valence-electron chi connectivity index (χ0n) is 9.59. The Kier molecular flexibility index (Phi) is 3.50. The van der Waals surface area contributed by atoms with Gasteiger partial charge in [-0.15, -0.1) is 0 Å². The summed E-state index contributed by atoms with van der Waals surface area (Å²) in [6.45, 7) is 0. The van der Waals surface area contributed by atoms with Crippen molar-refractivity contribution in [1.82, 2.24) is 4.98 Å². The Morgan fingerprint density at radius 2 is 1.94 bits per heavy atom. The van der Waals surface area contributed by atoms with Gasteiger partial charge in [-0.1, -0.05) is 24.3 Å². The molecule has 86 valence electrons. The third-order valence-electron chi connectivity index (χ3n) is 2.52. The van der Waals surface area contributed by atoms with Crippen LogP contribution in [-0.4, -0.2) is 18.1 Å². The molecule has 2 rings (SSSR count). The first kappa shape index (κ1) is 11.3. The summed E-state index contributed by atoms with van der Waals surface area (Å²) in [7, 11) is 1.40. The summed E-state index contributed by atoms with van der Waals surface area (Å²) in [4.78, 5) is 15.2. The molecule has 0 spiro atoms. The van der Waals surface area contributed by atoms with E-state index in [-0.39, 0.29) is 5.97 Å². The van der Waals surface area contributed by atoms with Crippen LogP contribution >= 0.6 is 0 Å². The molecule has 3 nitrogen and oxygen atoms in total. The quantitative estimate of drug-likeness (QED) is 0.756. The molecule has 2 aromatic rings. The molecule has 0 radical (unpaired) electrons. The standard InChI is InChI=1S/C14H13NO2/c1-17-14(16)10-11-3-2-4-13(9-11)12-5-7-15-8-6-12/h2-9H,10H2,1H3. The third kappa shape index (κ3) is 2.91. The first-order chi connectivity index (χ1) is 8.29. The molecule has 17 heavy (non-hydrogen) atoms. The Labute approximate surface area is 100 Å². The topological polar surface area (TPSA) is 39.2 Å². The second kappa shape index (κ2) is 5.25. The van der Waals surface area contributed by atoms with Crippen molar-refractivity contribution in [1.29, 1.82) is 0 Å². The minimum Gasteiger partial charge on any atom is -0.469 e. The molecule has 0 bridgehead atoms.